The Labute approximate surface area is 338 Å². The summed E-state index contributed by atoms with van der Waals surface area (Å²) in [5.41, 5.74) is 3.76. The Morgan fingerprint density at radius 1 is 0.638 bits per heavy atom. The highest BCUT2D eigenvalue weighted by molar-refractivity contribution is 5.94. The van der Waals surface area contributed by atoms with Gasteiger partial charge in [0.1, 0.15) is 29.6 Å². The third-order valence-electron chi connectivity index (χ3n) is 11.6. The molecule has 4 fully saturated rings. The number of likely N-dealkylation sites (tertiary alicyclic amines) is 2. The van der Waals surface area contributed by atoms with Crippen molar-refractivity contribution in [3.8, 4) is 11.8 Å². The third kappa shape index (κ3) is 8.84. The first-order valence-corrected chi connectivity index (χ1v) is 20.5. The summed E-state index contributed by atoms with van der Waals surface area (Å²) >= 11 is 0. The second-order valence-corrected chi connectivity index (χ2v) is 15.9. The molecule has 0 unspecified atom stereocenters. The van der Waals surface area contributed by atoms with Gasteiger partial charge in [0.05, 0.1) is 18.3 Å². The number of nitrogens with one attached hydrogen (secondary N) is 4. The van der Waals surface area contributed by atoms with Crippen LogP contribution in [0, 0.1) is 23.7 Å². The minimum Gasteiger partial charge on any atom is -0.348 e. The highest BCUT2D eigenvalue weighted by Gasteiger charge is 2.41. The van der Waals surface area contributed by atoms with E-state index in [1.165, 1.54) is 0 Å². The van der Waals surface area contributed by atoms with Gasteiger partial charge >= 0.3 is 0 Å². The molecule has 0 radical (unpaired) electrons. The van der Waals surface area contributed by atoms with E-state index in [1.807, 2.05) is 96.8 Å². The van der Waals surface area contributed by atoms with Crippen molar-refractivity contribution in [3.63, 3.8) is 0 Å². The van der Waals surface area contributed by atoms with Crippen LogP contribution < -0.4 is 16.0 Å². The standard InChI is InChI=1S/C46H49N7O5/c1-29(48-44(56)38-15-9-27-53(38)46(58)40(33-12-6-3-7-13-33)51-43(55)35-23-24-35)31-19-16-30(17-20-31)18-25-36-28-47-41(49-36)37-14-8-26-52(37)45(57)39(32-10-4-2-5-11-32)50-42(54)34-21-22-34/h2-7,10-13,16-17,19-20,28-29,34-35,37-40H,8-9,14-15,21-24,26-27H2,1H3,(H,47,49)(H,48,56)(H,50,54)(H,51,55)/t29-,37-,38-,39+,40+/m0/s1. The van der Waals surface area contributed by atoms with Crippen LogP contribution in [0.2, 0.25) is 0 Å². The maximum Gasteiger partial charge on any atom is 0.250 e. The predicted molar refractivity (Wildman–Crippen MR) is 216 cm³/mol. The topological polar surface area (TPSA) is 157 Å². The average Bonchev–Trinajstić information content (AvgIpc) is 4.13. The Kier molecular flexibility index (Phi) is 11.4. The van der Waals surface area contributed by atoms with Crippen molar-refractivity contribution in [2.75, 3.05) is 13.1 Å². The SMILES string of the molecule is C[C@H](NC(=O)[C@@H]1CCCN1C(=O)[C@H](NC(=O)C1CC1)c1ccccc1)c1ccc(C#Cc2cnc([C@@H]3CCCN3C(=O)[C@H](NC(=O)C3CC3)c3ccccc3)[nH]2)cc1. The van der Waals surface area contributed by atoms with E-state index >= 15 is 0 Å². The van der Waals surface area contributed by atoms with Crippen molar-refractivity contribution in [1.82, 2.24) is 35.7 Å². The number of carbonyl (C=O) groups excluding carboxylic acids is 5. The van der Waals surface area contributed by atoms with Crippen molar-refractivity contribution in [2.24, 2.45) is 11.8 Å². The Balaban J connectivity index is 0.883. The number of hydrogen-bond acceptors (Lipinski definition) is 6. The Morgan fingerprint density at radius 2 is 1.19 bits per heavy atom. The molecular weight excluding hydrogens is 731 g/mol. The number of imidazole rings is 1. The Hall–Kier alpha value is -6.22. The molecule has 2 saturated carbocycles. The van der Waals surface area contributed by atoms with Gasteiger partial charge < -0.3 is 30.7 Å². The summed E-state index contributed by atoms with van der Waals surface area (Å²) in [5.74, 6) is 6.12. The van der Waals surface area contributed by atoms with Crippen LogP contribution in [-0.4, -0.2) is 68.4 Å². The number of rotatable bonds is 12. The Bertz CT molecular complexity index is 2200. The van der Waals surface area contributed by atoms with Gasteiger partial charge in [-0.05, 0) is 93.0 Å². The molecule has 12 heteroatoms. The predicted octanol–water partition coefficient (Wildman–Crippen LogP) is 5.18. The second-order valence-electron chi connectivity index (χ2n) is 15.9. The normalized spacial score (nSPS) is 20.3. The molecule has 1 aromatic heterocycles. The third-order valence-corrected chi connectivity index (χ3v) is 11.6. The summed E-state index contributed by atoms with van der Waals surface area (Å²) in [5, 5.41) is 9.08. The van der Waals surface area contributed by atoms with Crippen molar-refractivity contribution in [2.45, 2.75) is 88.5 Å². The fourth-order valence-corrected chi connectivity index (χ4v) is 7.98. The van der Waals surface area contributed by atoms with Gasteiger partial charge in [0.2, 0.25) is 29.5 Å². The van der Waals surface area contributed by atoms with Gasteiger partial charge in [-0.25, -0.2) is 4.98 Å². The van der Waals surface area contributed by atoms with Crippen molar-refractivity contribution in [1.29, 1.82) is 0 Å². The highest BCUT2D eigenvalue weighted by Crippen LogP contribution is 2.35. The second kappa shape index (κ2) is 17.1. The van der Waals surface area contributed by atoms with Crippen molar-refractivity contribution >= 4 is 29.5 Å². The maximum absolute atomic E-state index is 14.0. The van der Waals surface area contributed by atoms with E-state index in [9.17, 15) is 24.0 Å². The number of hydrogen-bond donors (Lipinski definition) is 4. The first kappa shape index (κ1) is 38.6. The van der Waals surface area contributed by atoms with Gasteiger partial charge in [-0.15, -0.1) is 0 Å². The van der Waals surface area contributed by atoms with Gasteiger partial charge in [-0.3, -0.25) is 24.0 Å². The lowest BCUT2D eigenvalue weighted by Gasteiger charge is -2.30. The Morgan fingerprint density at radius 3 is 1.78 bits per heavy atom. The van der Waals surface area contributed by atoms with Crippen LogP contribution in [0.5, 0.6) is 0 Å². The molecule has 4 aliphatic rings. The van der Waals surface area contributed by atoms with Crippen molar-refractivity contribution in [3.05, 3.63) is 125 Å². The molecule has 2 aliphatic carbocycles. The minimum atomic E-state index is -0.840. The van der Waals surface area contributed by atoms with Crippen LogP contribution in [0.3, 0.4) is 0 Å². The molecule has 5 atom stereocenters. The van der Waals surface area contributed by atoms with E-state index in [2.05, 4.69) is 37.8 Å². The molecule has 5 amide bonds. The number of amides is 5. The van der Waals surface area contributed by atoms with Gasteiger partial charge in [0.25, 0.3) is 0 Å². The van der Waals surface area contributed by atoms with Crippen molar-refractivity contribution < 1.29 is 24.0 Å². The van der Waals surface area contributed by atoms with Crippen LogP contribution in [0.4, 0.5) is 0 Å². The fraction of sp³-hybridized carbons (Fsp3) is 0.391. The molecule has 58 heavy (non-hydrogen) atoms. The molecule has 4 aromatic rings. The number of aromatic nitrogens is 2. The fourth-order valence-electron chi connectivity index (χ4n) is 7.98. The maximum atomic E-state index is 14.0. The molecule has 0 bridgehead atoms. The summed E-state index contributed by atoms with van der Waals surface area (Å²) in [4.78, 5) is 78.4. The molecule has 3 heterocycles. The summed E-state index contributed by atoms with van der Waals surface area (Å²) in [7, 11) is 0. The zero-order valence-electron chi connectivity index (χ0n) is 32.7. The average molecular weight is 780 g/mol. The summed E-state index contributed by atoms with van der Waals surface area (Å²) in [6.45, 7) is 2.93. The van der Waals surface area contributed by atoms with E-state index in [1.54, 1.807) is 11.1 Å². The molecule has 8 rings (SSSR count). The van der Waals surface area contributed by atoms with Gasteiger partial charge in [-0.2, -0.15) is 0 Å². The summed E-state index contributed by atoms with van der Waals surface area (Å²) in [6, 6.07) is 23.5. The highest BCUT2D eigenvalue weighted by atomic mass is 16.2. The van der Waals surface area contributed by atoms with Gasteiger partial charge in [0, 0.05) is 30.5 Å². The van der Waals surface area contributed by atoms with E-state index in [-0.39, 0.29) is 53.5 Å². The van der Waals surface area contributed by atoms with Crippen LogP contribution in [0.1, 0.15) is 116 Å². The molecule has 2 saturated heterocycles. The van der Waals surface area contributed by atoms with E-state index in [0.29, 0.717) is 43.0 Å². The minimum absolute atomic E-state index is 0.0141. The first-order chi connectivity index (χ1) is 28.2. The summed E-state index contributed by atoms with van der Waals surface area (Å²) < 4.78 is 0. The van der Waals surface area contributed by atoms with Gasteiger partial charge in [0.15, 0.2) is 0 Å². The molecule has 12 nitrogen and oxygen atoms in total. The van der Waals surface area contributed by atoms with E-state index in [4.69, 9.17) is 0 Å². The molecule has 2 aliphatic heterocycles. The van der Waals surface area contributed by atoms with E-state index in [0.717, 1.165) is 55.2 Å². The molecule has 4 N–H and O–H groups in total. The smallest absolute Gasteiger partial charge is 0.250 e. The van der Waals surface area contributed by atoms with Crippen LogP contribution in [0.15, 0.2) is 91.1 Å². The van der Waals surface area contributed by atoms with Crippen LogP contribution in [0.25, 0.3) is 0 Å². The molecular formula is C46H49N7O5. The summed E-state index contributed by atoms with van der Waals surface area (Å²) in [6.07, 6.45) is 7.89. The van der Waals surface area contributed by atoms with E-state index < -0.39 is 18.1 Å². The zero-order chi connectivity index (χ0) is 40.2. The number of benzene rings is 3. The number of carbonyl (C=O) groups is 5. The lowest BCUT2D eigenvalue weighted by atomic mass is 10.0. The van der Waals surface area contributed by atoms with Gasteiger partial charge in [-0.1, -0.05) is 78.7 Å². The van der Waals surface area contributed by atoms with Crippen LogP contribution in [-0.2, 0) is 24.0 Å². The number of H-pyrrole nitrogens is 1. The zero-order valence-corrected chi connectivity index (χ0v) is 32.7. The molecule has 3 aromatic carbocycles. The monoisotopic (exact) mass is 779 g/mol. The molecule has 298 valence electrons. The first-order valence-electron chi connectivity index (χ1n) is 20.5. The largest absolute Gasteiger partial charge is 0.348 e. The lowest BCUT2D eigenvalue weighted by Crippen LogP contribution is -2.50. The number of nitrogens with zero attached hydrogens (tertiary/aromatic N) is 3. The van der Waals surface area contributed by atoms with Crippen LogP contribution >= 0.6 is 0 Å². The quantitative estimate of drug-likeness (QED) is 0.145. The molecule has 0 spiro atoms. The number of aromatic amines is 1. The lowest BCUT2D eigenvalue weighted by molar-refractivity contribution is -0.142.